The van der Waals surface area contributed by atoms with Gasteiger partial charge in [0.05, 0.1) is 15.0 Å². The van der Waals surface area contributed by atoms with Crippen molar-refractivity contribution in [3.05, 3.63) is 15.1 Å². The van der Waals surface area contributed by atoms with Gasteiger partial charge in [0.1, 0.15) is 11.6 Å². The summed E-state index contributed by atoms with van der Waals surface area (Å²) in [6.07, 6.45) is 2.11. The predicted octanol–water partition coefficient (Wildman–Crippen LogP) is 5.13. The van der Waals surface area contributed by atoms with Gasteiger partial charge in [0.2, 0.25) is 0 Å². The fraction of sp³-hybridized carbons (Fsp3) is 0.750. The van der Waals surface area contributed by atoms with Gasteiger partial charge in [0.25, 0.3) is 0 Å². The van der Waals surface area contributed by atoms with Gasteiger partial charge in [-0.3, -0.25) is 0 Å². The average molecular weight is 421 g/mol. The molecule has 5 heteroatoms. The molecule has 120 valence electrons. The van der Waals surface area contributed by atoms with E-state index in [1.165, 1.54) is 9.26 Å². The molecule has 1 rings (SSSR count). The Morgan fingerprint density at radius 1 is 1.24 bits per heavy atom. The van der Waals surface area contributed by atoms with E-state index in [-0.39, 0.29) is 4.75 Å². The first kappa shape index (κ1) is 19.0. The van der Waals surface area contributed by atoms with E-state index < -0.39 is 0 Å². The second-order valence-corrected chi connectivity index (χ2v) is 9.56. The van der Waals surface area contributed by atoms with Gasteiger partial charge >= 0.3 is 0 Å². The summed E-state index contributed by atoms with van der Waals surface area (Å²) in [6, 6.07) is 0. The molecule has 1 heterocycles. The molecule has 21 heavy (non-hydrogen) atoms. The molecular formula is C16H28IN3S. The van der Waals surface area contributed by atoms with Crippen LogP contribution in [-0.2, 0) is 12.2 Å². The van der Waals surface area contributed by atoms with Crippen molar-refractivity contribution < 1.29 is 0 Å². The summed E-state index contributed by atoms with van der Waals surface area (Å²) in [5.41, 5.74) is 1.18. The van der Waals surface area contributed by atoms with E-state index in [2.05, 4.69) is 69.5 Å². The lowest BCUT2D eigenvalue weighted by molar-refractivity contribution is 0.629. The fourth-order valence-corrected chi connectivity index (χ4v) is 3.12. The molecule has 0 saturated heterocycles. The highest BCUT2D eigenvalue weighted by atomic mass is 127. The highest BCUT2D eigenvalue weighted by Gasteiger charge is 2.16. The second kappa shape index (κ2) is 8.56. The molecular weight excluding hydrogens is 393 g/mol. The third-order valence-electron chi connectivity index (χ3n) is 2.74. The van der Waals surface area contributed by atoms with Crippen molar-refractivity contribution in [2.75, 3.05) is 11.9 Å². The molecule has 0 atom stereocenters. The normalized spacial score (nSPS) is 12.0. The van der Waals surface area contributed by atoms with Gasteiger partial charge in [-0.2, -0.15) is 0 Å². The number of anilines is 1. The molecule has 0 spiro atoms. The number of nitrogens with zero attached hydrogens (tertiary/aromatic N) is 2. The summed E-state index contributed by atoms with van der Waals surface area (Å²) < 4.78 is 1.42. The van der Waals surface area contributed by atoms with Crippen LogP contribution >= 0.6 is 34.4 Å². The summed E-state index contributed by atoms with van der Waals surface area (Å²) in [4.78, 5) is 9.54. The van der Waals surface area contributed by atoms with Gasteiger partial charge in [0, 0.05) is 11.3 Å². The van der Waals surface area contributed by atoms with Crippen LogP contribution in [0.3, 0.4) is 0 Å². The zero-order chi connectivity index (χ0) is 16.0. The summed E-state index contributed by atoms with van der Waals surface area (Å²) in [6.45, 7) is 14.3. The minimum Gasteiger partial charge on any atom is -0.369 e. The monoisotopic (exact) mass is 421 g/mol. The van der Waals surface area contributed by atoms with Crippen LogP contribution in [0.4, 0.5) is 5.82 Å². The molecule has 0 bridgehead atoms. The number of hydrogen-bond donors (Lipinski definition) is 1. The lowest BCUT2D eigenvalue weighted by Gasteiger charge is -2.18. The lowest BCUT2D eigenvalue weighted by Crippen LogP contribution is -2.13. The molecule has 0 saturated carbocycles. The van der Waals surface area contributed by atoms with E-state index >= 15 is 0 Å². The molecule has 1 aromatic rings. The third-order valence-corrected chi connectivity index (χ3v) is 5.15. The van der Waals surface area contributed by atoms with Crippen molar-refractivity contribution in [3.8, 4) is 0 Å². The number of thioether (sulfide) groups is 1. The highest BCUT2D eigenvalue weighted by molar-refractivity contribution is 14.1. The van der Waals surface area contributed by atoms with E-state index in [1.807, 2.05) is 11.8 Å². The Hall–Kier alpha value is -0.0400. The number of halogens is 1. The summed E-state index contributed by atoms with van der Waals surface area (Å²) in [5.74, 6) is 3.43. The average Bonchev–Trinajstić information content (AvgIpc) is 2.36. The Labute approximate surface area is 147 Å². The zero-order valence-corrected chi connectivity index (χ0v) is 17.1. The molecule has 0 radical (unpaired) electrons. The van der Waals surface area contributed by atoms with Crippen molar-refractivity contribution in [2.45, 2.75) is 64.9 Å². The first-order chi connectivity index (χ1) is 9.73. The van der Waals surface area contributed by atoms with Crippen LogP contribution in [0.1, 0.15) is 59.5 Å². The van der Waals surface area contributed by atoms with E-state index in [9.17, 15) is 0 Å². The lowest BCUT2D eigenvalue weighted by atomic mass is 10.1. The van der Waals surface area contributed by atoms with Crippen LogP contribution in [0.2, 0.25) is 0 Å². The van der Waals surface area contributed by atoms with Gasteiger partial charge in [-0.15, -0.1) is 11.8 Å². The van der Waals surface area contributed by atoms with Crippen molar-refractivity contribution in [1.29, 1.82) is 0 Å². The number of aromatic nitrogens is 2. The summed E-state index contributed by atoms with van der Waals surface area (Å²) in [5, 5.41) is 3.45. The molecule has 0 unspecified atom stereocenters. The minimum atomic E-state index is 0.238. The maximum Gasteiger partial charge on any atom is 0.143 e. The Balaban J connectivity index is 3.01. The smallest absolute Gasteiger partial charge is 0.143 e. The van der Waals surface area contributed by atoms with Gasteiger partial charge in [-0.05, 0) is 41.4 Å². The Morgan fingerprint density at radius 2 is 1.90 bits per heavy atom. The molecule has 1 N–H and O–H groups in total. The molecule has 0 fully saturated rings. The van der Waals surface area contributed by atoms with Crippen LogP contribution in [0.5, 0.6) is 0 Å². The van der Waals surface area contributed by atoms with Crippen LogP contribution < -0.4 is 5.32 Å². The van der Waals surface area contributed by atoms with Crippen LogP contribution in [0, 0.1) is 9.49 Å². The Kier molecular flexibility index (Phi) is 7.74. The van der Waals surface area contributed by atoms with Crippen LogP contribution in [0.25, 0.3) is 0 Å². The first-order valence-electron chi connectivity index (χ1n) is 7.66. The van der Waals surface area contributed by atoms with E-state index in [0.29, 0.717) is 5.92 Å². The van der Waals surface area contributed by atoms with Crippen molar-refractivity contribution in [1.82, 2.24) is 9.97 Å². The second-order valence-electron chi connectivity index (χ2n) is 6.67. The van der Waals surface area contributed by atoms with E-state index in [1.54, 1.807) is 0 Å². The summed E-state index contributed by atoms with van der Waals surface area (Å²) >= 11 is 4.28. The van der Waals surface area contributed by atoms with E-state index in [0.717, 1.165) is 36.8 Å². The number of nitrogens with one attached hydrogen (secondary N) is 1. The molecule has 0 aliphatic carbocycles. The van der Waals surface area contributed by atoms with Gasteiger partial charge in [0.15, 0.2) is 0 Å². The van der Waals surface area contributed by atoms with E-state index in [4.69, 9.17) is 9.97 Å². The van der Waals surface area contributed by atoms with Gasteiger partial charge < -0.3 is 5.32 Å². The highest BCUT2D eigenvalue weighted by Crippen LogP contribution is 2.28. The molecule has 0 aliphatic heterocycles. The standard InChI is InChI=1S/C16H28IN3S/c1-7-8-18-15-14(17)12(9-11(2)3)19-13(20-15)10-21-16(4,5)6/h11H,7-10H2,1-6H3,(H,18,19,20). The molecule has 3 nitrogen and oxygen atoms in total. The van der Waals surface area contributed by atoms with Crippen LogP contribution in [0.15, 0.2) is 0 Å². The molecule has 0 aliphatic rings. The third kappa shape index (κ3) is 7.17. The van der Waals surface area contributed by atoms with Crippen molar-refractivity contribution in [3.63, 3.8) is 0 Å². The van der Waals surface area contributed by atoms with Crippen molar-refractivity contribution >= 4 is 40.2 Å². The molecule has 0 amide bonds. The SMILES string of the molecule is CCCNc1nc(CSC(C)(C)C)nc(CC(C)C)c1I. The maximum atomic E-state index is 4.80. The van der Waals surface area contributed by atoms with Crippen molar-refractivity contribution in [2.24, 2.45) is 5.92 Å². The largest absolute Gasteiger partial charge is 0.369 e. The molecule has 0 aromatic carbocycles. The Bertz CT molecular complexity index is 456. The number of hydrogen-bond acceptors (Lipinski definition) is 4. The zero-order valence-electron chi connectivity index (χ0n) is 14.1. The quantitative estimate of drug-likeness (QED) is 0.620. The maximum absolute atomic E-state index is 4.80. The first-order valence-corrected chi connectivity index (χ1v) is 9.72. The summed E-state index contributed by atoms with van der Waals surface area (Å²) in [7, 11) is 0. The predicted molar refractivity (Wildman–Crippen MR) is 103 cm³/mol. The fourth-order valence-electron chi connectivity index (χ4n) is 1.77. The topological polar surface area (TPSA) is 37.8 Å². The Morgan fingerprint density at radius 3 is 2.43 bits per heavy atom. The minimum absolute atomic E-state index is 0.238. The van der Waals surface area contributed by atoms with Gasteiger partial charge in [-0.1, -0.05) is 41.5 Å². The van der Waals surface area contributed by atoms with Crippen LogP contribution in [-0.4, -0.2) is 21.3 Å². The number of rotatable bonds is 7. The van der Waals surface area contributed by atoms with Gasteiger partial charge in [-0.25, -0.2) is 9.97 Å². The molecule has 1 aromatic heterocycles.